The summed E-state index contributed by atoms with van der Waals surface area (Å²) in [6, 6.07) is 9.77. The van der Waals surface area contributed by atoms with Crippen molar-refractivity contribution < 1.29 is 0 Å². The van der Waals surface area contributed by atoms with Gasteiger partial charge in [-0.2, -0.15) is 0 Å². The van der Waals surface area contributed by atoms with Crippen molar-refractivity contribution in [3.63, 3.8) is 0 Å². The zero-order valence-corrected chi connectivity index (χ0v) is 13.2. The van der Waals surface area contributed by atoms with Gasteiger partial charge in [-0.15, -0.1) is 11.3 Å². The molecule has 0 unspecified atom stereocenters. The first kappa shape index (κ1) is 14.6. The van der Waals surface area contributed by atoms with Crippen LogP contribution in [0.15, 0.2) is 54.3 Å². The summed E-state index contributed by atoms with van der Waals surface area (Å²) in [4.78, 5) is 13.7. The standard InChI is InChI=1S/C15H13N5S2/c21-15(18-10-11-3-6-16-7-4-11)20-14-17-8-5-12(19-14)13-2-1-9-22-13/h1-9H,10H2,(H2,17,18,19,20,21). The van der Waals surface area contributed by atoms with Crippen LogP contribution in [0, 0.1) is 0 Å². The summed E-state index contributed by atoms with van der Waals surface area (Å²) in [6.07, 6.45) is 5.22. The Hall–Kier alpha value is -2.38. The average molecular weight is 327 g/mol. The van der Waals surface area contributed by atoms with Gasteiger partial charge >= 0.3 is 0 Å². The van der Waals surface area contributed by atoms with Gasteiger partial charge in [0.15, 0.2) is 5.11 Å². The van der Waals surface area contributed by atoms with Crippen LogP contribution in [0.4, 0.5) is 5.95 Å². The van der Waals surface area contributed by atoms with Gasteiger partial charge in [0, 0.05) is 25.1 Å². The molecule has 0 saturated heterocycles. The maximum absolute atomic E-state index is 5.26. The van der Waals surface area contributed by atoms with E-state index < -0.39 is 0 Å². The van der Waals surface area contributed by atoms with Gasteiger partial charge in [0.05, 0.1) is 10.6 Å². The van der Waals surface area contributed by atoms with Gasteiger partial charge in [-0.1, -0.05) is 6.07 Å². The lowest BCUT2D eigenvalue weighted by molar-refractivity contribution is 0.919. The molecule has 0 spiro atoms. The van der Waals surface area contributed by atoms with Gasteiger partial charge in [-0.05, 0) is 47.4 Å². The molecule has 2 N–H and O–H groups in total. The molecule has 0 aliphatic heterocycles. The lowest BCUT2D eigenvalue weighted by Crippen LogP contribution is -2.28. The number of hydrogen-bond acceptors (Lipinski definition) is 5. The Balaban J connectivity index is 1.61. The minimum Gasteiger partial charge on any atom is -0.358 e. The van der Waals surface area contributed by atoms with Crippen molar-refractivity contribution in [1.29, 1.82) is 0 Å². The van der Waals surface area contributed by atoms with Gasteiger partial charge in [-0.3, -0.25) is 4.98 Å². The Bertz CT molecular complexity index is 744. The second-order valence-corrected chi connectivity index (χ2v) is 5.76. The number of thiophene rings is 1. The van der Waals surface area contributed by atoms with Crippen LogP contribution >= 0.6 is 23.6 Å². The van der Waals surface area contributed by atoms with E-state index >= 15 is 0 Å². The Morgan fingerprint density at radius 2 is 2.00 bits per heavy atom. The SMILES string of the molecule is S=C(NCc1ccncc1)Nc1nccc(-c2cccs2)n1. The Morgan fingerprint density at radius 3 is 2.77 bits per heavy atom. The molecule has 0 atom stereocenters. The topological polar surface area (TPSA) is 62.7 Å². The summed E-state index contributed by atoms with van der Waals surface area (Å²) >= 11 is 6.90. The third kappa shape index (κ3) is 3.84. The van der Waals surface area contributed by atoms with Crippen LogP contribution in [-0.2, 0) is 6.54 Å². The minimum atomic E-state index is 0.484. The van der Waals surface area contributed by atoms with Gasteiger partial charge < -0.3 is 10.6 Å². The Morgan fingerprint density at radius 1 is 1.14 bits per heavy atom. The van der Waals surface area contributed by atoms with E-state index in [0.717, 1.165) is 16.1 Å². The highest BCUT2D eigenvalue weighted by atomic mass is 32.1. The number of rotatable bonds is 4. The molecule has 3 heterocycles. The van der Waals surface area contributed by atoms with Crippen LogP contribution in [0.5, 0.6) is 0 Å². The molecule has 3 rings (SSSR count). The minimum absolute atomic E-state index is 0.484. The largest absolute Gasteiger partial charge is 0.358 e. The highest BCUT2D eigenvalue weighted by molar-refractivity contribution is 7.80. The number of anilines is 1. The molecule has 0 aliphatic carbocycles. The van der Waals surface area contributed by atoms with Crippen molar-refractivity contribution >= 4 is 34.6 Å². The maximum Gasteiger partial charge on any atom is 0.229 e. The van der Waals surface area contributed by atoms with Crippen molar-refractivity contribution in [1.82, 2.24) is 20.3 Å². The van der Waals surface area contributed by atoms with Crippen molar-refractivity contribution in [2.75, 3.05) is 5.32 Å². The zero-order chi connectivity index (χ0) is 15.2. The van der Waals surface area contributed by atoms with Crippen molar-refractivity contribution in [2.45, 2.75) is 6.54 Å². The summed E-state index contributed by atoms with van der Waals surface area (Å²) in [5, 5.41) is 8.62. The van der Waals surface area contributed by atoms with Crippen molar-refractivity contribution in [3.8, 4) is 10.6 Å². The Kier molecular flexibility index (Phi) is 4.67. The van der Waals surface area contributed by atoms with Crippen LogP contribution in [0.2, 0.25) is 0 Å². The summed E-state index contributed by atoms with van der Waals surface area (Å²) in [5.41, 5.74) is 1.98. The first-order valence-corrected chi connectivity index (χ1v) is 7.91. The first-order chi connectivity index (χ1) is 10.8. The predicted molar refractivity (Wildman–Crippen MR) is 92.6 cm³/mol. The molecule has 0 fully saturated rings. The fourth-order valence-electron chi connectivity index (χ4n) is 1.81. The van der Waals surface area contributed by atoms with E-state index in [9.17, 15) is 0 Å². The number of hydrogen-bond donors (Lipinski definition) is 2. The van der Waals surface area contributed by atoms with Crippen LogP contribution in [0.25, 0.3) is 10.6 Å². The number of pyridine rings is 1. The molecular weight excluding hydrogens is 314 g/mol. The fourth-order valence-corrected chi connectivity index (χ4v) is 2.67. The van der Waals surface area contributed by atoms with E-state index in [-0.39, 0.29) is 0 Å². The monoisotopic (exact) mass is 327 g/mol. The maximum atomic E-state index is 5.26. The second kappa shape index (κ2) is 7.06. The molecule has 0 bridgehead atoms. The molecule has 0 amide bonds. The van der Waals surface area contributed by atoms with Gasteiger partial charge in [0.25, 0.3) is 0 Å². The van der Waals surface area contributed by atoms with E-state index in [1.54, 1.807) is 29.9 Å². The lowest BCUT2D eigenvalue weighted by atomic mass is 10.3. The third-order valence-corrected chi connectivity index (χ3v) is 4.00. The van der Waals surface area contributed by atoms with Gasteiger partial charge in [0.1, 0.15) is 0 Å². The van der Waals surface area contributed by atoms with E-state index in [1.165, 1.54) is 0 Å². The smallest absolute Gasteiger partial charge is 0.229 e. The summed E-state index contributed by atoms with van der Waals surface area (Å²) in [5.74, 6) is 0.484. The molecule has 0 aliphatic rings. The van der Waals surface area contributed by atoms with E-state index in [0.29, 0.717) is 17.6 Å². The quantitative estimate of drug-likeness (QED) is 0.718. The van der Waals surface area contributed by atoms with Crippen molar-refractivity contribution in [3.05, 3.63) is 59.9 Å². The third-order valence-electron chi connectivity index (χ3n) is 2.86. The number of thiocarbonyl (C=S) groups is 1. The van der Waals surface area contributed by atoms with Crippen LogP contribution < -0.4 is 10.6 Å². The summed E-state index contributed by atoms with van der Waals surface area (Å²) in [7, 11) is 0. The molecule has 22 heavy (non-hydrogen) atoms. The highest BCUT2D eigenvalue weighted by Gasteiger charge is 2.04. The average Bonchev–Trinajstić information content (AvgIpc) is 3.09. The van der Waals surface area contributed by atoms with Crippen molar-refractivity contribution in [2.24, 2.45) is 0 Å². The van der Waals surface area contributed by atoms with E-state index in [1.807, 2.05) is 35.7 Å². The van der Waals surface area contributed by atoms with Gasteiger partial charge in [0.2, 0.25) is 5.95 Å². The predicted octanol–water partition coefficient (Wildman–Crippen LogP) is 3.09. The van der Waals surface area contributed by atoms with Crippen LogP contribution in [0.3, 0.4) is 0 Å². The lowest BCUT2D eigenvalue weighted by Gasteiger charge is -2.09. The molecule has 5 nitrogen and oxygen atoms in total. The van der Waals surface area contributed by atoms with Gasteiger partial charge in [-0.25, -0.2) is 9.97 Å². The van der Waals surface area contributed by atoms with E-state index in [4.69, 9.17) is 12.2 Å². The molecule has 0 saturated carbocycles. The highest BCUT2D eigenvalue weighted by Crippen LogP contribution is 2.22. The Labute approximate surface area is 137 Å². The van der Waals surface area contributed by atoms with E-state index in [2.05, 4.69) is 25.6 Å². The normalized spacial score (nSPS) is 10.2. The molecule has 7 heteroatoms. The summed E-state index contributed by atoms with van der Waals surface area (Å²) in [6.45, 7) is 0.624. The molecule has 3 aromatic rings. The molecule has 0 radical (unpaired) electrons. The second-order valence-electron chi connectivity index (χ2n) is 4.41. The van der Waals surface area contributed by atoms with Crippen LogP contribution in [-0.4, -0.2) is 20.1 Å². The first-order valence-electron chi connectivity index (χ1n) is 6.62. The number of nitrogens with zero attached hydrogens (tertiary/aromatic N) is 3. The number of nitrogens with one attached hydrogen (secondary N) is 2. The molecule has 0 aromatic carbocycles. The fraction of sp³-hybridized carbons (Fsp3) is 0.0667. The molecule has 3 aromatic heterocycles. The number of aromatic nitrogens is 3. The summed E-state index contributed by atoms with van der Waals surface area (Å²) < 4.78 is 0. The zero-order valence-electron chi connectivity index (χ0n) is 11.6. The molecular formula is C15H13N5S2. The molecule has 110 valence electrons. The van der Waals surface area contributed by atoms with Crippen LogP contribution in [0.1, 0.15) is 5.56 Å².